The summed E-state index contributed by atoms with van der Waals surface area (Å²) in [7, 11) is 0. The molecule has 2 aliphatic rings. The van der Waals surface area contributed by atoms with Gasteiger partial charge < -0.3 is 9.32 Å². The van der Waals surface area contributed by atoms with Gasteiger partial charge in [0.15, 0.2) is 0 Å². The zero-order valence-corrected chi connectivity index (χ0v) is 39.6. The van der Waals surface area contributed by atoms with Gasteiger partial charge in [0.05, 0.1) is 11.4 Å². The van der Waals surface area contributed by atoms with E-state index in [4.69, 9.17) is 9.40 Å². The molecule has 2 aliphatic heterocycles. The van der Waals surface area contributed by atoms with Gasteiger partial charge in [-0.1, -0.05) is 145 Å². The van der Waals surface area contributed by atoms with Crippen molar-refractivity contribution in [2.24, 2.45) is 0 Å². The molecule has 318 valence electrons. The molecule has 0 atom stereocenters. The molecule has 5 heterocycles. The van der Waals surface area contributed by atoms with Gasteiger partial charge in [-0.25, -0.2) is 0 Å². The van der Waals surface area contributed by atoms with Gasteiger partial charge >= 0.3 is 0 Å². The summed E-state index contributed by atoms with van der Waals surface area (Å²) in [5.41, 5.74) is 22.3. The average molecular weight is 861 g/mol. The Balaban J connectivity index is 1.30. The van der Waals surface area contributed by atoms with Crippen LogP contribution in [0.25, 0.3) is 55.6 Å². The van der Waals surface area contributed by atoms with Crippen molar-refractivity contribution in [3.63, 3.8) is 0 Å². The molecule has 9 aromatic rings. The molecule has 65 heavy (non-hydrogen) atoms. The van der Waals surface area contributed by atoms with Gasteiger partial charge in [0.2, 0.25) is 0 Å². The van der Waals surface area contributed by atoms with E-state index >= 15 is 0 Å². The zero-order chi connectivity index (χ0) is 44.9. The van der Waals surface area contributed by atoms with Crippen molar-refractivity contribution >= 4 is 74.1 Å². The van der Waals surface area contributed by atoms with Crippen LogP contribution in [0.15, 0.2) is 156 Å². The van der Waals surface area contributed by atoms with Crippen molar-refractivity contribution in [2.45, 2.75) is 73.1 Å². The van der Waals surface area contributed by atoms with Crippen molar-refractivity contribution in [3.8, 4) is 33.0 Å². The van der Waals surface area contributed by atoms with E-state index in [-0.39, 0.29) is 17.5 Å². The first-order valence-electron chi connectivity index (χ1n) is 22.9. The van der Waals surface area contributed by atoms with E-state index in [1.165, 1.54) is 81.9 Å². The summed E-state index contributed by atoms with van der Waals surface area (Å²) in [6.07, 6.45) is 4.39. The Morgan fingerprint density at radius 1 is 0.600 bits per heavy atom. The molecule has 0 amide bonds. The Morgan fingerprint density at radius 2 is 1.26 bits per heavy atom. The lowest BCUT2D eigenvalue weighted by Crippen LogP contribution is -2.58. The third kappa shape index (κ3) is 6.82. The summed E-state index contributed by atoms with van der Waals surface area (Å²) in [4.78, 5) is 10.0. The number of anilines is 3. The highest BCUT2D eigenvalue weighted by Crippen LogP contribution is 2.48. The minimum atomic E-state index is -0.201. The molecule has 0 aliphatic carbocycles. The van der Waals surface area contributed by atoms with Crippen LogP contribution in [0.3, 0.4) is 0 Å². The molecule has 3 nitrogen and oxygen atoms in total. The molecule has 5 heteroatoms. The molecule has 0 bridgehead atoms. The second-order valence-electron chi connectivity index (χ2n) is 20.2. The van der Waals surface area contributed by atoms with Crippen LogP contribution >= 0.6 is 11.3 Å². The highest BCUT2D eigenvalue weighted by Gasteiger charge is 2.44. The van der Waals surface area contributed by atoms with Gasteiger partial charge in [-0.05, 0) is 147 Å². The van der Waals surface area contributed by atoms with E-state index in [0.717, 1.165) is 44.9 Å². The molecular weight excluding hydrogens is 808 g/mol. The molecule has 0 radical (unpaired) electrons. The third-order valence-corrected chi connectivity index (χ3v) is 14.8. The predicted octanol–water partition coefficient (Wildman–Crippen LogP) is 14.6. The van der Waals surface area contributed by atoms with Gasteiger partial charge in [-0.15, -0.1) is 11.3 Å². The van der Waals surface area contributed by atoms with Gasteiger partial charge in [0, 0.05) is 43.8 Å². The smallest absolute Gasteiger partial charge is 0.254 e. The van der Waals surface area contributed by atoms with Gasteiger partial charge in [-0.2, -0.15) is 0 Å². The fourth-order valence-corrected chi connectivity index (χ4v) is 11.7. The average Bonchev–Trinajstić information content (AvgIpc) is 3.90. The number of furan rings is 1. The van der Waals surface area contributed by atoms with Crippen LogP contribution in [0.4, 0.5) is 17.1 Å². The Hall–Kier alpha value is -6.69. The Kier molecular flexibility index (Phi) is 9.61. The third-order valence-electron chi connectivity index (χ3n) is 13.6. The first kappa shape index (κ1) is 41.0. The maximum Gasteiger partial charge on any atom is 0.254 e. The second-order valence-corrected chi connectivity index (χ2v) is 21.2. The molecule has 0 saturated carbocycles. The quantitative estimate of drug-likeness (QED) is 0.161. The number of aryl methyl sites for hydroxylation is 3. The lowest BCUT2D eigenvalue weighted by molar-refractivity contribution is 0.590. The van der Waals surface area contributed by atoms with Crippen LogP contribution in [-0.4, -0.2) is 11.7 Å². The fourth-order valence-electron chi connectivity index (χ4n) is 10.3. The Labute approximate surface area is 388 Å². The van der Waals surface area contributed by atoms with Crippen LogP contribution in [0.2, 0.25) is 0 Å². The monoisotopic (exact) mass is 860 g/mol. The van der Waals surface area contributed by atoms with Crippen LogP contribution in [0.5, 0.6) is 0 Å². The standard InChI is InChI=1S/C60H53BN2OS/c1-36-30-40-32-45(39-25-27-41(28-26-39)59(4,5)6)58-48(35-54(65-58)43-21-13-11-19-38(43)3)61-55(40)51(31-36)63(50-24-15-14-22-44(50)49-23-16-17-29-62-49)52-34-47(60(7,8)9)46-33-53(64-57(46)56(52)61)42-20-12-10-18-37(42)2/h10-35H,1-9H3. The SMILES string of the molecule is Cc1cc2c3c(c1)N(c1ccccc1-c1ccccn1)c1cc(C(C)(C)C)c4cc(-c5ccccc5C)oc4c1B3c1cc(-c3ccccc3C)sc1C(c1ccc(C(C)(C)C)cc1)=C2. The summed E-state index contributed by atoms with van der Waals surface area (Å²) in [5, 5.41) is 1.16. The number of hydrogen-bond acceptors (Lipinski definition) is 4. The van der Waals surface area contributed by atoms with Crippen molar-refractivity contribution in [1.82, 2.24) is 4.98 Å². The minimum absolute atomic E-state index is 0.0428. The van der Waals surface area contributed by atoms with E-state index in [1.54, 1.807) is 0 Å². The normalized spacial score (nSPS) is 13.3. The number of fused-ring (bicyclic) bond motifs is 6. The number of nitrogens with zero attached hydrogens (tertiary/aromatic N) is 2. The summed E-state index contributed by atoms with van der Waals surface area (Å²) in [5.74, 6) is 0.893. The second kappa shape index (κ2) is 15.2. The maximum atomic E-state index is 7.47. The first-order valence-corrected chi connectivity index (χ1v) is 23.7. The number of aromatic nitrogens is 1. The number of benzene rings is 6. The molecular formula is C60H53BN2OS. The van der Waals surface area contributed by atoms with Crippen LogP contribution in [0, 0.1) is 20.8 Å². The van der Waals surface area contributed by atoms with Crippen molar-refractivity contribution in [2.75, 3.05) is 4.90 Å². The highest BCUT2D eigenvalue weighted by atomic mass is 32.1. The van der Waals surface area contributed by atoms with Crippen LogP contribution < -0.4 is 21.3 Å². The number of hydrogen-bond donors (Lipinski definition) is 0. The zero-order valence-electron chi connectivity index (χ0n) is 38.8. The van der Waals surface area contributed by atoms with Crippen molar-refractivity contribution in [3.05, 3.63) is 196 Å². The number of thiophene rings is 1. The molecule has 0 unspecified atom stereocenters. The Morgan fingerprint density at radius 3 is 1.94 bits per heavy atom. The van der Waals surface area contributed by atoms with E-state index < -0.39 is 0 Å². The van der Waals surface area contributed by atoms with Gasteiger partial charge in [0.1, 0.15) is 11.3 Å². The predicted molar refractivity (Wildman–Crippen MR) is 279 cm³/mol. The van der Waals surface area contributed by atoms with Crippen molar-refractivity contribution < 1.29 is 4.42 Å². The van der Waals surface area contributed by atoms with E-state index in [1.807, 2.05) is 23.6 Å². The summed E-state index contributed by atoms with van der Waals surface area (Å²) in [6.45, 7) is 20.4. The molecule has 11 rings (SSSR count). The summed E-state index contributed by atoms with van der Waals surface area (Å²) < 4.78 is 7.47. The lowest BCUT2D eigenvalue weighted by atomic mass is 9.34. The molecule has 0 N–H and O–H groups in total. The largest absolute Gasteiger partial charge is 0.457 e. The molecule has 0 saturated heterocycles. The number of pyridine rings is 1. The lowest BCUT2D eigenvalue weighted by Gasteiger charge is -2.39. The number of rotatable bonds is 5. The van der Waals surface area contributed by atoms with Gasteiger partial charge in [0.25, 0.3) is 6.71 Å². The minimum Gasteiger partial charge on any atom is -0.457 e. The molecule has 0 fully saturated rings. The molecule has 6 aromatic carbocycles. The summed E-state index contributed by atoms with van der Waals surface area (Å²) in [6, 6.07) is 53.9. The number of para-hydroxylation sites is 1. The van der Waals surface area contributed by atoms with Crippen LogP contribution in [-0.2, 0) is 10.8 Å². The molecule has 0 spiro atoms. The summed E-state index contributed by atoms with van der Waals surface area (Å²) >= 11 is 1.92. The van der Waals surface area contributed by atoms with Crippen LogP contribution in [0.1, 0.15) is 85.4 Å². The van der Waals surface area contributed by atoms with Crippen molar-refractivity contribution in [1.29, 1.82) is 0 Å². The Bertz CT molecular complexity index is 3370. The van der Waals surface area contributed by atoms with Gasteiger partial charge in [-0.3, -0.25) is 4.98 Å². The topological polar surface area (TPSA) is 29.3 Å². The van der Waals surface area contributed by atoms with E-state index in [9.17, 15) is 0 Å². The van der Waals surface area contributed by atoms with E-state index in [0.29, 0.717) is 0 Å². The maximum absolute atomic E-state index is 7.47. The molecule has 3 aromatic heterocycles. The van der Waals surface area contributed by atoms with E-state index in [2.05, 4.69) is 213 Å². The highest BCUT2D eigenvalue weighted by molar-refractivity contribution is 7.19. The first-order chi connectivity index (χ1) is 31.2. The fraction of sp³-hybridized carbons (Fsp3) is 0.183.